The van der Waals surface area contributed by atoms with Crippen molar-refractivity contribution in [3.63, 3.8) is 0 Å². The Kier molecular flexibility index (Phi) is 10.0. The topological polar surface area (TPSA) is 171 Å². The number of rotatable bonds is 10. The summed E-state index contributed by atoms with van der Waals surface area (Å²) in [4.78, 5) is 61.4. The molecule has 3 aromatic rings. The molecule has 0 unspecified atom stereocenters. The molecule has 0 spiro atoms. The number of nitro benzene ring substituents is 1. The number of methoxy groups -OCH3 is 1. The third-order valence-electron chi connectivity index (χ3n) is 5.75. The van der Waals surface area contributed by atoms with Crippen LogP contribution < -0.4 is 10.1 Å². The number of benzene rings is 3. The number of carboxylic acids is 1. The van der Waals surface area contributed by atoms with Crippen LogP contribution in [0.1, 0.15) is 31.8 Å². The molecule has 18 heteroatoms. The smallest absolute Gasteiger partial charge is 0.416 e. The number of esters is 2. The molecule has 0 aliphatic carbocycles. The van der Waals surface area contributed by atoms with Gasteiger partial charge in [-0.05, 0) is 42.5 Å². The third kappa shape index (κ3) is 8.46. The number of nitrogens with zero attached hydrogens (tertiary/aromatic N) is 1. The molecule has 12 nitrogen and oxygen atoms in total. The first-order valence-electron chi connectivity index (χ1n) is 12.0. The Morgan fingerprint density at radius 2 is 1.29 bits per heavy atom. The Hall–Kier alpha value is -5.68. The van der Waals surface area contributed by atoms with E-state index in [1.54, 1.807) is 0 Å². The van der Waals surface area contributed by atoms with Crippen LogP contribution in [0.4, 0.5) is 37.7 Å². The molecule has 45 heavy (non-hydrogen) atoms. The van der Waals surface area contributed by atoms with Crippen molar-refractivity contribution >= 4 is 35.2 Å². The summed E-state index contributed by atoms with van der Waals surface area (Å²) in [6, 6.07) is 7.77. The number of alkyl halides is 6. The minimum absolute atomic E-state index is 0.232. The molecule has 2 N–H and O–H groups in total. The first-order chi connectivity index (χ1) is 20.9. The molecule has 0 aliphatic rings. The van der Waals surface area contributed by atoms with Crippen LogP contribution in [0.25, 0.3) is 0 Å². The van der Waals surface area contributed by atoms with Gasteiger partial charge in [0.2, 0.25) is 12.2 Å². The van der Waals surface area contributed by atoms with E-state index in [1.165, 1.54) is 0 Å². The zero-order chi connectivity index (χ0) is 33.7. The van der Waals surface area contributed by atoms with Gasteiger partial charge >= 0.3 is 30.3 Å². The lowest BCUT2D eigenvalue weighted by Gasteiger charge is -2.24. The van der Waals surface area contributed by atoms with Crippen molar-refractivity contribution < 1.29 is 69.8 Å². The number of carbonyl (C=O) groups excluding carboxylic acids is 3. The van der Waals surface area contributed by atoms with Crippen LogP contribution in [0.5, 0.6) is 5.75 Å². The van der Waals surface area contributed by atoms with E-state index >= 15 is 0 Å². The summed E-state index contributed by atoms with van der Waals surface area (Å²) in [5.41, 5.74) is -5.40. The van der Waals surface area contributed by atoms with Gasteiger partial charge in [0.15, 0.2) is 0 Å². The number of carboxylic acid groups (broad SMARTS) is 1. The van der Waals surface area contributed by atoms with Crippen molar-refractivity contribution in [2.24, 2.45) is 0 Å². The molecule has 0 bridgehead atoms. The Bertz CT molecular complexity index is 1640. The molecule has 0 aliphatic heterocycles. The van der Waals surface area contributed by atoms with E-state index in [9.17, 15) is 60.7 Å². The van der Waals surface area contributed by atoms with Gasteiger partial charge in [-0.3, -0.25) is 14.9 Å². The maximum Gasteiger partial charge on any atom is 0.416 e. The maximum atomic E-state index is 13.3. The van der Waals surface area contributed by atoms with Gasteiger partial charge in [-0.25, -0.2) is 14.4 Å². The Morgan fingerprint density at radius 3 is 1.71 bits per heavy atom. The van der Waals surface area contributed by atoms with Crippen molar-refractivity contribution in [3.8, 4) is 5.75 Å². The van der Waals surface area contributed by atoms with Crippen molar-refractivity contribution in [3.05, 3.63) is 99.1 Å². The van der Waals surface area contributed by atoms with Crippen LogP contribution in [0.2, 0.25) is 0 Å². The van der Waals surface area contributed by atoms with E-state index in [0.717, 1.165) is 49.6 Å². The number of carbonyl (C=O) groups is 4. The summed E-state index contributed by atoms with van der Waals surface area (Å²) in [6.07, 6.45) is -15.4. The lowest BCUT2D eigenvalue weighted by Crippen LogP contribution is -2.48. The van der Waals surface area contributed by atoms with Gasteiger partial charge in [0, 0.05) is 12.1 Å². The van der Waals surface area contributed by atoms with E-state index in [0.29, 0.717) is 24.3 Å². The van der Waals surface area contributed by atoms with Crippen LogP contribution >= 0.6 is 0 Å². The Labute approximate surface area is 247 Å². The fourth-order valence-corrected chi connectivity index (χ4v) is 3.62. The molecule has 3 rings (SSSR count). The minimum atomic E-state index is -4.93. The highest BCUT2D eigenvalue weighted by molar-refractivity contribution is 6.02. The van der Waals surface area contributed by atoms with Crippen LogP contribution in [-0.2, 0) is 31.4 Å². The van der Waals surface area contributed by atoms with Crippen LogP contribution in [0.3, 0.4) is 0 Å². The van der Waals surface area contributed by atoms with E-state index in [2.05, 4.69) is 0 Å². The zero-order valence-corrected chi connectivity index (χ0v) is 22.3. The second kappa shape index (κ2) is 13.3. The lowest BCUT2D eigenvalue weighted by molar-refractivity contribution is -0.384. The number of non-ortho nitro benzene ring substituents is 1. The van der Waals surface area contributed by atoms with Gasteiger partial charge in [0.05, 0.1) is 40.0 Å². The monoisotopic (exact) mass is 644 g/mol. The number of aliphatic carboxylic acids is 1. The highest BCUT2D eigenvalue weighted by Crippen LogP contribution is 2.32. The van der Waals surface area contributed by atoms with Gasteiger partial charge in [-0.1, -0.05) is 12.1 Å². The zero-order valence-electron chi connectivity index (χ0n) is 22.3. The fourth-order valence-electron chi connectivity index (χ4n) is 3.62. The second-order valence-electron chi connectivity index (χ2n) is 8.78. The third-order valence-corrected chi connectivity index (χ3v) is 5.75. The van der Waals surface area contributed by atoms with E-state index < -0.39 is 86.9 Å². The molecule has 0 heterocycles. The van der Waals surface area contributed by atoms with Crippen LogP contribution in [0, 0.1) is 10.1 Å². The standard InChI is InChI=1S/C27H18F6N2O10/c1-43-19-9-8-17(35(41)42)12-18(19)34-22(36)20(44-24(39)13-4-2-6-15(10-13)26(28,29)30)21(23(37)38)45-25(40)14-5-3-7-16(11-14)27(31,32)33/h2-12,20-21H,1H3,(H,34,36)(H,37,38)/t20-,21-/m0/s1. The summed E-state index contributed by atoms with van der Waals surface area (Å²) in [5, 5.41) is 23.0. The number of hydrogen-bond acceptors (Lipinski definition) is 9. The predicted molar refractivity (Wildman–Crippen MR) is 137 cm³/mol. The molecule has 3 aromatic carbocycles. The van der Waals surface area contributed by atoms with Gasteiger partial charge in [0.1, 0.15) is 5.75 Å². The van der Waals surface area contributed by atoms with E-state index in [-0.39, 0.29) is 5.75 Å². The number of ether oxygens (including phenoxy) is 3. The Morgan fingerprint density at radius 1 is 0.800 bits per heavy atom. The number of amides is 1. The summed E-state index contributed by atoms with van der Waals surface area (Å²) in [6.45, 7) is 0. The summed E-state index contributed by atoms with van der Waals surface area (Å²) < 4.78 is 93.6. The number of nitrogens with one attached hydrogen (secondary N) is 1. The number of anilines is 1. The molecule has 0 saturated heterocycles. The fraction of sp³-hybridized carbons (Fsp3) is 0.185. The summed E-state index contributed by atoms with van der Waals surface area (Å²) in [5.74, 6) is -7.50. The van der Waals surface area contributed by atoms with Crippen molar-refractivity contribution in [1.82, 2.24) is 0 Å². The summed E-state index contributed by atoms with van der Waals surface area (Å²) >= 11 is 0. The molecule has 0 saturated carbocycles. The molecule has 2 atom stereocenters. The first-order valence-corrected chi connectivity index (χ1v) is 12.0. The number of nitro groups is 1. The molecule has 0 fully saturated rings. The highest BCUT2D eigenvalue weighted by Gasteiger charge is 2.42. The van der Waals surface area contributed by atoms with E-state index in [1.807, 2.05) is 5.32 Å². The minimum Gasteiger partial charge on any atom is -0.495 e. The predicted octanol–water partition coefficient (Wildman–Crippen LogP) is 5.12. The van der Waals surface area contributed by atoms with Gasteiger partial charge < -0.3 is 24.6 Å². The Balaban J connectivity index is 2.05. The van der Waals surface area contributed by atoms with E-state index in [4.69, 9.17) is 14.2 Å². The van der Waals surface area contributed by atoms with Gasteiger partial charge in [0.25, 0.3) is 11.6 Å². The van der Waals surface area contributed by atoms with Crippen LogP contribution in [0.15, 0.2) is 66.7 Å². The van der Waals surface area contributed by atoms with Gasteiger partial charge in [-0.2, -0.15) is 26.3 Å². The second-order valence-corrected chi connectivity index (χ2v) is 8.78. The van der Waals surface area contributed by atoms with Crippen molar-refractivity contribution in [1.29, 1.82) is 0 Å². The molecular formula is C27H18F6N2O10. The lowest BCUT2D eigenvalue weighted by atomic mass is 10.1. The SMILES string of the molecule is COc1ccc([N+](=O)[O-])cc1NC(=O)[C@@H](OC(=O)c1cccc(C(F)(F)F)c1)[C@H](OC(=O)c1cccc(C(F)(F)F)c1)C(=O)O. The van der Waals surface area contributed by atoms with Crippen LogP contribution in [-0.4, -0.2) is 53.2 Å². The summed E-state index contributed by atoms with van der Waals surface area (Å²) in [7, 11) is 1.08. The normalized spacial score (nSPS) is 12.8. The molecule has 0 aromatic heterocycles. The number of halogens is 6. The first kappa shape index (κ1) is 33.8. The molecular weight excluding hydrogens is 626 g/mol. The molecule has 0 radical (unpaired) electrons. The highest BCUT2D eigenvalue weighted by atomic mass is 19.4. The van der Waals surface area contributed by atoms with Gasteiger partial charge in [-0.15, -0.1) is 0 Å². The quantitative estimate of drug-likeness (QED) is 0.131. The molecule has 1 amide bonds. The van der Waals surface area contributed by atoms with Crippen molar-refractivity contribution in [2.45, 2.75) is 24.6 Å². The average Bonchev–Trinajstić information content (AvgIpc) is 2.97. The molecule has 238 valence electrons. The average molecular weight is 644 g/mol. The number of hydrogen-bond donors (Lipinski definition) is 2. The maximum absolute atomic E-state index is 13.3. The largest absolute Gasteiger partial charge is 0.495 e. The van der Waals surface area contributed by atoms with Crippen molar-refractivity contribution in [2.75, 3.05) is 12.4 Å².